The van der Waals surface area contributed by atoms with Crippen molar-refractivity contribution in [2.24, 2.45) is 9.98 Å². The van der Waals surface area contributed by atoms with Gasteiger partial charge in [0, 0.05) is 70.2 Å². The van der Waals surface area contributed by atoms with E-state index in [0.717, 1.165) is 67.1 Å². The lowest BCUT2D eigenvalue weighted by atomic mass is 9.97. The van der Waals surface area contributed by atoms with Gasteiger partial charge < -0.3 is 14.3 Å². The summed E-state index contributed by atoms with van der Waals surface area (Å²) in [6.07, 6.45) is -0.312. The number of furan rings is 1. The van der Waals surface area contributed by atoms with Crippen LogP contribution in [-0.4, -0.2) is 16.2 Å². The predicted molar refractivity (Wildman–Crippen MR) is 238 cm³/mol. The Morgan fingerprint density at radius 1 is 0.509 bits per heavy atom. The first-order valence-corrected chi connectivity index (χ1v) is 20.0. The molecule has 1 aliphatic rings. The third-order valence-corrected chi connectivity index (χ3v) is 12.4. The molecular weight excluding hydrogens is 717 g/mol. The maximum Gasteiger partial charge on any atom is 0.159 e. The van der Waals surface area contributed by atoms with Gasteiger partial charge in [0.25, 0.3) is 0 Å². The third kappa shape index (κ3) is 5.08. The molecule has 1 aliphatic heterocycles. The van der Waals surface area contributed by atoms with Crippen LogP contribution in [0.1, 0.15) is 22.9 Å². The highest BCUT2D eigenvalue weighted by Gasteiger charge is 2.24. The van der Waals surface area contributed by atoms with E-state index in [1.54, 1.807) is 0 Å². The molecule has 3 aromatic heterocycles. The van der Waals surface area contributed by atoms with E-state index >= 15 is 0 Å². The van der Waals surface area contributed by atoms with Crippen molar-refractivity contribution in [3.05, 3.63) is 199 Å². The number of para-hydroxylation sites is 2. The molecule has 268 valence electrons. The maximum atomic E-state index is 6.64. The van der Waals surface area contributed by atoms with E-state index in [9.17, 15) is 0 Å². The number of aromatic nitrogens is 1. The molecule has 0 fully saturated rings. The lowest BCUT2D eigenvalue weighted by Crippen LogP contribution is -2.33. The summed E-state index contributed by atoms with van der Waals surface area (Å²) in [6.45, 7) is 0. The molecule has 0 saturated carbocycles. The lowest BCUT2D eigenvalue weighted by molar-refractivity contribution is 0.668. The molecule has 5 nitrogen and oxygen atoms in total. The minimum Gasteiger partial charge on any atom is -0.456 e. The van der Waals surface area contributed by atoms with Crippen LogP contribution in [0.4, 0.5) is 0 Å². The highest BCUT2D eigenvalue weighted by Crippen LogP contribution is 2.43. The second-order valence-corrected chi connectivity index (χ2v) is 15.6. The Morgan fingerprint density at radius 2 is 1.21 bits per heavy atom. The molecule has 0 saturated heterocycles. The minimum absolute atomic E-state index is 0.312. The summed E-state index contributed by atoms with van der Waals surface area (Å²) in [7, 11) is 0. The molecule has 0 spiro atoms. The summed E-state index contributed by atoms with van der Waals surface area (Å²) in [4.78, 5) is 10.2. The van der Waals surface area contributed by atoms with Crippen LogP contribution in [0, 0.1) is 0 Å². The molecule has 0 amide bonds. The first-order valence-electron chi connectivity index (χ1n) is 19.2. The largest absolute Gasteiger partial charge is 0.456 e. The quantitative estimate of drug-likeness (QED) is 0.191. The van der Waals surface area contributed by atoms with Crippen LogP contribution in [0.25, 0.3) is 80.7 Å². The Balaban J connectivity index is 0.971. The number of nitrogens with one attached hydrogen (secondary N) is 1. The minimum atomic E-state index is -0.312. The monoisotopic (exact) mass is 748 g/mol. The summed E-state index contributed by atoms with van der Waals surface area (Å²) >= 11 is 1.82. The summed E-state index contributed by atoms with van der Waals surface area (Å²) < 4.78 is 11.4. The maximum absolute atomic E-state index is 6.64. The van der Waals surface area contributed by atoms with Gasteiger partial charge in [-0.25, -0.2) is 9.98 Å². The Kier molecular flexibility index (Phi) is 7.09. The summed E-state index contributed by atoms with van der Waals surface area (Å²) in [5.74, 6) is 1.54. The summed E-state index contributed by atoms with van der Waals surface area (Å²) in [6, 6.07) is 64.3. The van der Waals surface area contributed by atoms with Gasteiger partial charge >= 0.3 is 0 Å². The van der Waals surface area contributed by atoms with Gasteiger partial charge in [-0.15, -0.1) is 11.3 Å². The van der Waals surface area contributed by atoms with Crippen molar-refractivity contribution in [2.45, 2.75) is 6.17 Å². The molecule has 0 radical (unpaired) electrons. The fourth-order valence-corrected chi connectivity index (χ4v) is 9.89. The van der Waals surface area contributed by atoms with Gasteiger partial charge in [0.2, 0.25) is 0 Å². The molecule has 6 heteroatoms. The molecule has 1 atom stereocenters. The van der Waals surface area contributed by atoms with Gasteiger partial charge in [0.1, 0.15) is 23.2 Å². The van der Waals surface area contributed by atoms with E-state index in [2.05, 4.69) is 155 Å². The van der Waals surface area contributed by atoms with E-state index in [1.165, 1.54) is 42.0 Å². The normalized spacial score (nSPS) is 14.5. The van der Waals surface area contributed by atoms with Gasteiger partial charge in [-0.1, -0.05) is 133 Å². The molecule has 1 unspecified atom stereocenters. The number of thiophene rings is 1. The second-order valence-electron chi connectivity index (χ2n) is 14.6. The van der Waals surface area contributed by atoms with Gasteiger partial charge in [-0.2, -0.15) is 0 Å². The number of fused-ring (bicyclic) bond motifs is 9. The molecule has 11 aromatic rings. The van der Waals surface area contributed by atoms with Gasteiger partial charge in [0.05, 0.1) is 11.0 Å². The van der Waals surface area contributed by atoms with Crippen LogP contribution in [0.5, 0.6) is 0 Å². The average Bonchev–Trinajstić information content (AvgIpc) is 3.96. The van der Waals surface area contributed by atoms with Crippen LogP contribution < -0.4 is 5.32 Å². The summed E-state index contributed by atoms with van der Waals surface area (Å²) in [5, 5.41) is 10.9. The zero-order valence-corrected chi connectivity index (χ0v) is 31.4. The number of nitrogens with zero attached hydrogens (tertiary/aromatic N) is 3. The molecule has 0 aliphatic carbocycles. The highest BCUT2D eigenvalue weighted by atomic mass is 32.1. The van der Waals surface area contributed by atoms with E-state index in [0.29, 0.717) is 0 Å². The summed E-state index contributed by atoms with van der Waals surface area (Å²) in [5.41, 5.74) is 10.7. The predicted octanol–water partition coefficient (Wildman–Crippen LogP) is 13.2. The van der Waals surface area contributed by atoms with Crippen LogP contribution in [0.15, 0.2) is 196 Å². The van der Waals surface area contributed by atoms with E-state index in [1.807, 2.05) is 47.7 Å². The van der Waals surface area contributed by atoms with Crippen molar-refractivity contribution in [1.82, 2.24) is 9.88 Å². The lowest BCUT2D eigenvalue weighted by Gasteiger charge is -2.24. The first kappa shape index (κ1) is 32.0. The fraction of sp³-hybridized carbons (Fsp3) is 0.0196. The van der Waals surface area contributed by atoms with Gasteiger partial charge in [0.15, 0.2) is 5.84 Å². The molecule has 0 bridgehead atoms. The van der Waals surface area contributed by atoms with Crippen LogP contribution in [0.3, 0.4) is 0 Å². The molecule has 57 heavy (non-hydrogen) atoms. The third-order valence-electron chi connectivity index (χ3n) is 11.3. The SMILES string of the molecule is c1ccc(C2=NC(c3cccc4sc5cc(-c6cccc7oc8cc(-n9c%10ccccc%10c%10ccccc%109)ccc8c67)ccc5c34)NC(c3ccccc3)=N2)cc1. The van der Waals surface area contributed by atoms with Crippen molar-refractivity contribution < 1.29 is 4.42 Å². The van der Waals surface area contributed by atoms with E-state index in [-0.39, 0.29) is 6.17 Å². The van der Waals surface area contributed by atoms with Gasteiger partial charge in [-0.05, 0) is 53.6 Å². The fourth-order valence-electron chi connectivity index (χ4n) is 8.71. The number of aliphatic imine (C=N–C) groups is 2. The van der Waals surface area contributed by atoms with E-state index in [4.69, 9.17) is 14.4 Å². The van der Waals surface area contributed by atoms with E-state index < -0.39 is 0 Å². The molecule has 4 heterocycles. The van der Waals surface area contributed by atoms with Crippen molar-refractivity contribution in [1.29, 1.82) is 0 Å². The molecule has 8 aromatic carbocycles. The number of amidine groups is 2. The number of benzene rings is 8. The molecular formula is C51H32N4OS. The number of hydrogen-bond acceptors (Lipinski definition) is 5. The first-order chi connectivity index (χ1) is 28.2. The number of rotatable bonds is 5. The average molecular weight is 749 g/mol. The van der Waals surface area contributed by atoms with Gasteiger partial charge in [-0.3, -0.25) is 0 Å². The Morgan fingerprint density at radius 3 is 2.00 bits per heavy atom. The zero-order valence-electron chi connectivity index (χ0n) is 30.6. The Bertz CT molecular complexity index is 3390. The second kappa shape index (κ2) is 12.6. The van der Waals surface area contributed by atoms with Crippen molar-refractivity contribution in [3.63, 3.8) is 0 Å². The van der Waals surface area contributed by atoms with Crippen LogP contribution in [0.2, 0.25) is 0 Å². The zero-order chi connectivity index (χ0) is 37.5. The van der Waals surface area contributed by atoms with Crippen molar-refractivity contribution >= 4 is 86.9 Å². The Hall–Kier alpha value is -7.28. The number of hydrogen-bond donors (Lipinski definition) is 1. The topological polar surface area (TPSA) is 54.8 Å². The Labute approximate surface area is 331 Å². The molecule has 12 rings (SSSR count). The standard InChI is InChI=1S/C51H32N4OS/c1-3-13-31(14-4-1)49-52-50(32-15-5-2-6-16-32)54-51(53-49)40-20-12-24-45-48(40)39-27-25-33(29-46(39)57-45)35-19-11-23-43-47(35)38-28-26-34(30-44(38)56-43)55-41-21-9-7-17-36(41)37-18-8-10-22-42(37)55/h1-30,51H,(H,52,53,54). The highest BCUT2D eigenvalue weighted by molar-refractivity contribution is 7.25. The van der Waals surface area contributed by atoms with Crippen LogP contribution in [-0.2, 0) is 0 Å². The smallest absolute Gasteiger partial charge is 0.159 e. The van der Waals surface area contributed by atoms with Crippen molar-refractivity contribution in [2.75, 3.05) is 0 Å². The van der Waals surface area contributed by atoms with Crippen LogP contribution >= 0.6 is 11.3 Å². The van der Waals surface area contributed by atoms with Crippen molar-refractivity contribution in [3.8, 4) is 16.8 Å². The molecule has 1 N–H and O–H groups in total.